The summed E-state index contributed by atoms with van der Waals surface area (Å²) >= 11 is 0. The van der Waals surface area contributed by atoms with Crippen LogP contribution in [-0.2, 0) is 6.18 Å². The Kier molecular flexibility index (Phi) is 3.90. The number of ether oxygens (including phenoxy) is 1. The molecule has 1 aromatic rings. The van der Waals surface area contributed by atoms with E-state index in [9.17, 15) is 13.2 Å². The van der Waals surface area contributed by atoms with Crippen LogP contribution < -0.4 is 10.5 Å². The third kappa shape index (κ3) is 3.75. The van der Waals surface area contributed by atoms with E-state index in [1.165, 1.54) is 6.07 Å². The van der Waals surface area contributed by atoms with E-state index in [0.717, 1.165) is 12.3 Å². The molecular weight excluding hydrogens is 209 g/mol. The molecule has 15 heavy (non-hydrogen) atoms. The second-order valence-electron chi connectivity index (χ2n) is 2.87. The minimum atomic E-state index is -4.41. The molecule has 3 nitrogen and oxygen atoms in total. The number of hydrogen-bond acceptors (Lipinski definition) is 3. The molecule has 0 radical (unpaired) electrons. The lowest BCUT2D eigenvalue weighted by Crippen LogP contribution is -2.09. The first-order valence-electron chi connectivity index (χ1n) is 4.40. The number of halogens is 3. The van der Waals surface area contributed by atoms with Crippen molar-refractivity contribution in [2.24, 2.45) is 5.73 Å². The predicted octanol–water partition coefficient (Wildman–Crippen LogP) is 1.83. The Hall–Kier alpha value is -1.30. The zero-order valence-electron chi connectivity index (χ0n) is 7.92. The minimum absolute atomic E-state index is 0.316. The van der Waals surface area contributed by atoms with Crippen molar-refractivity contribution in [2.75, 3.05) is 13.2 Å². The van der Waals surface area contributed by atoms with Gasteiger partial charge in [-0.25, -0.2) is 4.98 Å². The summed E-state index contributed by atoms with van der Waals surface area (Å²) in [4.78, 5) is 3.25. The van der Waals surface area contributed by atoms with Gasteiger partial charge in [0.25, 0.3) is 0 Å². The van der Waals surface area contributed by atoms with Gasteiger partial charge in [-0.3, -0.25) is 0 Å². The average molecular weight is 220 g/mol. The lowest BCUT2D eigenvalue weighted by molar-refractivity contribution is -0.141. The molecule has 6 heteroatoms. The van der Waals surface area contributed by atoms with Crippen LogP contribution in [0.3, 0.4) is 0 Å². The van der Waals surface area contributed by atoms with Gasteiger partial charge in [0.2, 0.25) is 0 Å². The van der Waals surface area contributed by atoms with Gasteiger partial charge in [-0.05, 0) is 25.1 Å². The van der Waals surface area contributed by atoms with Gasteiger partial charge in [-0.15, -0.1) is 0 Å². The summed E-state index contributed by atoms with van der Waals surface area (Å²) in [6, 6.07) is 2.13. The molecule has 0 amide bonds. The van der Waals surface area contributed by atoms with Gasteiger partial charge in [0.1, 0.15) is 11.4 Å². The van der Waals surface area contributed by atoms with Crippen molar-refractivity contribution in [1.82, 2.24) is 4.98 Å². The van der Waals surface area contributed by atoms with Crippen molar-refractivity contribution >= 4 is 0 Å². The largest absolute Gasteiger partial charge is 0.492 e. The van der Waals surface area contributed by atoms with Crippen LogP contribution in [0.4, 0.5) is 13.2 Å². The number of nitrogens with two attached hydrogens (primary N) is 1. The number of rotatable bonds is 4. The molecule has 84 valence electrons. The highest BCUT2D eigenvalue weighted by Gasteiger charge is 2.32. The molecule has 0 spiro atoms. The fourth-order valence-electron chi connectivity index (χ4n) is 0.907. The van der Waals surface area contributed by atoms with Gasteiger partial charge < -0.3 is 10.5 Å². The van der Waals surface area contributed by atoms with E-state index in [0.29, 0.717) is 25.3 Å². The first kappa shape index (κ1) is 11.8. The molecule has 1 aromatic heterocycles. The van der Waals surface area contributed by atoms with Crippen LogP contribution in [0.15, 0.2) is 18.3 Å². The van der Waals surface area contributed by atoms with Crippen molar-refractivity contribution in [3.63, 3.8) is 0 Å². The lowest BCUT2D eigenvalue weighted by atomic mass is 10.3. The molecule has 0 saturated heterocycles. The molecule has 0 unspecified atom stereocenters. The summed E-state index contributed by atoms with van der Waals surface area (Å²) < 4.78 is 41.4. The smallest absolute Gasteiger partial charge is 0.433 e. The quantitative estimate of drug-likeness (QED) is 0.787. The Morgan fingerprint density at radius 3 is 2.53 bits per heavy atom. The summed E-state index contributed by atoms with van der Waals surface area (Å²) in [7, 11) is 0. The highest BCUT2D eigenvalue weighted by Crippen LogP contribution is 2.28. The van der Waals surface area contributed by atoms with E-state index < -0.39 is 11.9 Å². The van der Waals surface area contributed by atoms with E-state index in [4.69, 9.17) is 10.5 Å². The minimum Gasteiger partial charge on any atom is -0.492 e. The van der Waals surface area contributed by atoms with Crippen molar-refractivity contribution < 1.29 is 17.9 Å². The number of nitrogens with zero attached hydrogens (tertiary/aromatic N) is 1. The van der Waals surface area contributed by atoms with Crippen molar-refractivity contribution in [1.29, 1.82) is 0 Å². The third-order valence-corrected chi connectivity index (χ3v) is 1.64. The van der Waals surface area contributed by atoms with Crippen LogP contribution in [-0.4, -0.2) is 18.1 Å². The Morgan fingerprint density at radius 1 is 1.33 bits per heavy atom. The van der Waals surface area contributed by atoms with Gasteiger partial charge in [0, 0.05) is 0 Å². The maximum atomic E-state index is 12.1. The molecular formula is C9H11F3N2O. The second kappa shape index (κ2) is 4.97. The summed E-state index contributed by atoms with van der Waals surface area (Å²) in [6.07, 6.45) is -2.70. The van der Waals surface area contributed by atoms with Crippen molar-refractivity contribution in [3.05, 3.63) is 24.0 Å². The molecule has 0 fully saturated rings. The number of hydrogen-bond donors (Lipinski definition) is 1. The van der Waals surface area contributed by atoms with Crippen molar-refractivity contribution in [2.45, 2.75) is 12.6 Å². The highest BCUT2D eigenvalue weighted by atomic mass is 19.4. The Morgan fingerprint density at radius 2 is 2.07 bits per heavy atom. The first-order valence-corrected chi connectivity index (χ1v) is 4.40. The molecule has 2 N–H and O–H groups in total. The maximum absolute atomic E-state index is 12.1. The molecule has 0 aliphatic heterocycles. The first-order chi connectivity index (χ1) is 7.04. The molecule has 1 heterocycles. The fourth-order valence-corrected chi connectivity index (χ4v) is 0.907. The molecule has 0 aromatic carbocycles. The normalized spacial score (nSPS) is 11.5. The van der Waals surface area contributed by atoms with E-state index >= 15 is 0 Å². The van der Waals surface area contributed by atoms with Gasteiger partial charge in [-0.2, -0.15) is 13.2 Å². The Bertz CT molecular complexity index is 297. The van der Waals surface area contributed by atoms with Crippen LogP contribution >= 0.6 is 0 Å². The summed E-state index contributed by atoms with van der Waals surface area (Å²) in [5.74, 6) is 0.316. The number of pyridine rings is 1. The summed E-state index contributed by atoms with van der Waals surface area (Å²) in [6.45, 7) is 0.859. The summed E-state index contributed by atoms with van der Waals surface area (Å²) in [5.41, 5.74) is 4.31. The highest BCUT2D eigenvalue weighted by molar-refractivity contribution is 5.21. The van der Waals surface area contributed by atoms with Crippen LogP contribution in [0, 0.1) is 0 Å². The van der Waals surface area contributed by atoms with Crippen LogP contribution in [0.25, 0.3) is 0 Å². The zero-order chi connectivity index (χ0) is 11.3. The van der Waals surface area contributed by atoms with E-state index in [1.54, 1.807) is 0 Å². The molecule has 0 aliphatic carbocycles. The Labute approximate surface area is 85.1 Å². The second-order valence-corrected chi connectivity index (χ2v) is 2.87. The molecule has 0 saturated carbocycles. The van der Waals surface area contributed by atoms with Crippen LogP contribution in [0.1, 0.15) is 12.1 Å². The number of aromatic nitrogens is 1. The van der Waals surface area contributed by atoms with Gasteiger partial charge >= 0.3 is 6.18 Å². The van der Waals surface area contributed by atoms with E-state index in [2.05, 4.69) is 4.98 Å². The third-order valence-electron chi connectivity index (χ3n) is 1.64. The van der Waals surface area contributed by atoms with Gasteiger partial charge in [0.15, 0.2) is 0 Å². The zero-order valence-corrected chi connectivity index (χ0v) is 7.92. The predicted molar refractivity (Wildman–Crippen MR) is 48.4 cm³/mol. The van der Waals surface area contributed by atoms with E-state index in [-0.39, 0.29) is 0 Å². The monoisotopic (exact) mass is 220 g/mol. The topological polar surface area (TPSA) is 48.1 Å². The molecule has 0 bridgehead atoms. The standard InChI is InChI=1S/C9H11F3N2O/c10-9(11,12)8-3-2-7(6-14-8)15-5-1-4-13/h2-3,6H,1,4-5,13H2. The molecule has 0 atom stereocenters. The molecule has 0 aliphatic rings. The van der Waals surface area contributed by atoms with Crippen LogP contribution in [0.2, 0.25) is 0 Å². The van der Waals surface area contributed by atoms with Gasteiger partial charge in [-0.1, -0.05) is 0 Å². The van der Waals surface area contributed by atoms with Gasteiger partial charge in [0.05, 0.1) is 12.8 Å². The van der Waals surface area contributed by atoms with Crippen LogP contribution in [0.5, 0.6) is 5.75 Å². The fraction of sp³-hybridized carbons (Fsp3) is 0.444. The van der Waals surface area contributed by atoms with Crippen molar-refractivity contribution in [3.8, 4) is 5.75 Å². The van der Waals surface area contributed by atoms with E-state index in [1.807, 2.05) is 0 Å². The maximum Gasteiger partial charge on any atom is 0.433 e. The SMILES string of the molecule is NCCCOc1ccc(C(F)(F)F)nc1. The Balaban J connectivity index is 2.57. The lowest BCUT2D eigenvalue weighted by Gasteiger charge is -2.07. The summed E-state index contributed by atoms with van der Waals surface area (Å²) in [5, 5.41) is 0. The molecule has 1 rings (SSSR count). The average Bonchev–Trinajstić information content (AvgIpc) is 2.18. The number of alkyl halides is 3.